The van der Waals surface area contributed by atoms with Gasteiger partial charge < -0.3 is 17.1 Å². The average Bonchev–Trinajstić information content (AvgIpc) is 2.12. The van der Waals surface area contributed by atoms with Crippen molar-refractivity contribution in [2.24, 2.45) is 7.05 Å². The van der Waals surface area contributed by atoms with Crippen LogP contribution in [-0.2, 0) is 24.6 Å². The van der Waals surface area contributed by atoms with Crippen LogP contribution in [0.3, 0.4) is 0 Å². The summed E-state index contributed by atoms with van der Waals surface area (Å²) in [5.41, 5.74) is 0.267. The summed E-state index contributed by atoms with van der Waals surface area (Å²) in [6.07, 6.45) is 1.62. The van der Waals surface area contributed by atoms with Gasteiger partial charge in [-0.1, -0.05) is 0 Å². The first kappa shape index (κ1) is 15.2. The molecule has 1 aromatic rings. The van der Waals surface area contributed by atoms with Crippen LogP contribution in [0.2, 0.25) is 0 Å². The van der Waals surface area contributed by atoms with E-state index in [0.29, 0.717) is 5.69 Å². The van der Waals surface area contributed by atoms with Gasteiger partial charge in [0, 0.05) is 19.3 Å². The van der Waals surface area contributed by atoms with E-state index in [9.17, 15) is 4.79 Å². The van der Waals surface area contributed by atoms with Crippen molar-refractivity contribution in [2.75, 3.05) is 0 Å². The van der Waals surface area contributed by atoms with E-state index in [1.807, 2.05) is 0 Å². The number of hydrogen-bond donors (Lipinski definition) is 1. The predicted molar refractivity (Wildman–Crippen MR) is 50.4 cm³/mol. The maximum absolute atomic E-state index is 10.7. The van der Waals surface area contributed by atoms with E-state index in [0.717, 1.165) is 0 Å². The van der Waals surface area contributed by atoms with E-state index in [2.05, 4.69) is 9.64 Å². The van der Waals surface area contributed by atoms with Crippen LogP contribution in [0, 0.1) is 14.4 Å². The molecule has 0 fully saturated rings. The van der Waals surface area contributed by atoms with E-state index in [4.69, 9.17) is 5.11 Å². The van der Waals surface area contributed by atoms with Crippen molar-refractivity contribution in [2.45, 2.75) is 6.92 Å². The van der Waals surface area contributed by atoms with E-state index >= 15 is 0 Å². The van der Waals surface area contributed by atoms with Crippen molar-refractivity contribution in [3.8, 4) is 5.75 Å². The molecule has 0 saturated heterocycles. The number of pyridine rings is 1. The summed E-state index contributed by atoms with van der Waals surface area (Å²) in [5, 5.41) is 9.05. The van der Waals surface area contributed by atoms with Crippen LogP contribution in [0.25, 0.3) is 0 Å². The second-order valence-corrected chi connectivity index (χ2v) is 2.22. The van der Waals surface area contributed by atoms with Gasteiger partial charge in [-0.25, -0.2) is 0 Å². The number of aromatic hydroxyl groups is 1. The molecule has 0 unspecified atom stereocenters. The Hall–Kier alpha value is -0.324. The summed E-state index contributed by atoms with van der Waals surface area (Å²) in [6.45, 7) is 1.69. The Balaban J connectivity index is 0. The molecule has 1 N–H and O–H groups in total. The molecule has 0 saturated carbocycles. The molecule has 0 spiro atoms. The molecule has 0 aliphatic carbocycles. The SMILES string of the molecule is Cc1c(O)c(=O)ccn1C.[CH3-].[Cl][Os]. The molecule has 0 radical (unpaired) electrons. The molecule has 1 rings (SSSR count). The van der Waals surface area contributed by atoms with Gasteiger partial charge in [-0.3, -0.25) is 4.79 Å². The van der Waals surface area contributed by atoms with Crippen LogP contribution in [-0.4, -0.2) is 9.67 Å². The molecule has 0 bridgehead atoms. The summed E-state index contributed by atoms with van der Waals surface area (Å²) in [7, 11) is 6.44. The Morgan fingerprint density at radius 2 is 2.00 bits per heavy atom. The third-order valence-corrected chi connectivity index (χ3v) is 1.55. The molecular weight excluding hydrogens is 368 g/mol. The first-order valence-corrected chi connectivity index (χ1v) is 6.26. The van der Waals surface area contributed by atoms with Gasteiger partial charge in [0.25, 0.3) is 0 Å². The van der Waals surface area contributed by atoms with Gasteiger partial charge in [0.05, 0.1) is 5.69 Å². The molecule has 0 aromatic carbocycles. The monoisotopic (exact) mass is 381 g/mol. The molecule has 5 heteroatoms. The van der Waals surface area contributed by atoms with Crippen molar-refractivity contribution < 1.29 is 22.7 Å². The van der Waals surface area contributed by atoms with Crippen molar-refractivity contribution in [1.82, 2.24) is 4.57 Å². The quantitative estimate of drug-likeness (QED) is 0.695. The summed E-state index contributed by atoms with van der Waals surface area (Å²) < 4.78 is 1.69. The zero-order valence-electron chi connectivity index (χ0n) is 7.69. The third-order valence-electron chi connectivity index (χ3n) is 1.55. The molecule has 0 amide bonds. The maximum atomic E-state index is 10.7. The van der Waals surface area contributed by atoms with Gasteiger partial charge in [0.1, 0.15) is 0 Å². The zero-order valence-corrected chi connectivity index (χ0v) is 11.0. The predicted octanol–water partition coefficient (Wildman–Crippen LogP) is 1.54. The molecule has 0 aliphatic heterocycles. The van der Waals surface area contributed by atoms with E-state index in [1.165, 1.54) is 23.7 Å². The summed E-state index contributed by atoms with van der Waals surface area (Å²) in [6, 6.07) is 1.34. The molecule has 77 valence electrons. The van der Waals surface area contributed by atoms with Crippen LogP contribution >= 0.6 is 9.64 Å². The van der Waals surface area contributed by atoms with Crippen LogP contribution in [0.15, 0.2) is 17.1 Å². The number of aryl methyl sites for hydroxylation is 1. The van der Waals surface area contributed by atoms with Crippen molar-refractivity contribution in [3.05, 3.63) is 35.6 Å². The van der Waals surface area contributed by atoms with Gasteiger partial charge in [0.15, 0.2) is 5.75 Å². The Morgan fingerprint density at radius 1 is 1.54 bits per heavy atom. The van der Waals surface area contributed by atoms with E-state index in [-0.39, 0.29) is 18.6 Å². The first-order valence-electron chi connectivity index (χ1n) is 3.11. The fraction of sp³-hybridized carbons (Fsp3) is 0.250. The normalized spacial score (nSPS) is 8.00. The number of aromatic nitrogens is 1. The molecule has 0 atom stereocenters. The summed E-state index contributed by atoms with van der Waals surface area (Å²) in [5.74, 6) is -0.162. The van der Waals surface area contributed by atoms with Crippen LogP contribution in [0.4, 0.5) is 0 Å². The number of nitrogens with zero attached hydrogens (tertiary/aromatic N) is 1. The Bertz CT molecular complexity index is 312. The van der Waals surface area contributed by atoms with Gasteiger partial charge >= 0.3 is 27.2 Å². The fourth-order valence-corrected chi connectivity index (χ4v) is 0.716. The second kappa shape index (κ2) is 7.12. The molecule has 13 heavy (non-hydrogen) atoms. The molecule has 0 aliphatic rings. The van der Waals surface area contributed by atoms with Gasteiger partial charge in [-0.2, -0.15) is 0 Å². The average molecular weight is 380 g/mol. The van der Waals surface area contributed by atoms with Crippen molar-refractivity contribution >= 4 is 9.64 Å². The topological polar surface area (TPSA) is 42.2 Å². The number of rotatable bonds is 0. The second-order valence-electron chi connectivity index (χ2n) is 2.22. The van der Waals surface area contributed by atoms with Crippen molar-refractivity contribution in [1.29, 1.82) is 0 Å². The third kappa shape index (κ3) is 3.93. The van der Waals surface area contributed by atoms with Crippen LogP contribution in [0.1, 0.15) is 5.69 Å². The van der Waals surface area contributed by atoms with Crippen LogP contribution in [0.5, 0.6) is 5.75 Å². The molecule has 3 nitrogen and oxygen atoms in total. The molecule has 1 heterocycles. The number of hydrogen-bond acceptors (Lipinski definition) is 2. The summed E-state index contributed by atoms with van der Waals surface area (Å²) >= 11 is 1.33. The fourth-order valence-electron chi connectivity index (χ4n) is 0.716. The van der Waals surface area contributed by atoms with Gasteiger partial charge in [0.2, 0.25) is 5.43 Å². The Kier molecular flexibility index (Phi) is 8.30. The minimum atomic E-state index is -0.324. The first-order chi connectivity index (χ1) is 5.63. The van der Waals surface area contributed by atoms with E-state index < -0.39 is 0 Å². The molecular formula is C8H12ClNO2Os-. The minimum absolute atomic E-state index is 0. The van der Waals surface area contributed by atoms with Crippen molar-refractivity contribution in [3.63, 3.8) is 0 Å². The zero-order chi connectivity index (χ0) is 9.72. The number of halogens is 1. The Morgan fingerprint density at radius 3 is 2.38 bits per heavy atom. The standard InChI is InChI=1S/C7H9NO2.CH3.ClH.Os/c1-5-7(10)6(9)3-4-8(5)2;;;/h3-4,10H,1-2H3;1H3;1H;/q;-1;;+1/p-1. The van der Waals surface area contributed by atoms with Gasteiger partial charge in [-0.15, -0.1) is 0 Å². The molecule has 1 aromatic heterocycles. The Labute approximate surface area is 92.3 Å². The van der Waals surface area contributed by atoms with E-state index in [1.54, 1.807) is 24.7 Å². The summed E-state index contributed by atoms with van der Waals surface area (Å²) in [4.78, 5) is 10.7. The van der Waals surface area contributed by atoms with Crippen LogP contribution < -0.4 is 5.43 Å². The van der Waals surface area contributed by atoms with Gasteiger partial charge in [-0.05, 0) is 6.92 Å².